The Morgan fingerprint density at radius 2 is 1.76 bits per heavy atom. The first-order valence-electron chi connectivity index (χ1n) is 8.88. The molecule has 1 aliphatic heterocycles. The van der Waals surface area contributed by atoms with Crippen molar-refractivity contribution in [2.75, 3.05) is 33.3 Å². The number of hydrogen-bond donors (Lipinski definition) is 0. The van der Waals surface area contributed by atoms with Gasteiger partial charge in [-0.05, 0) is 35.9 Å². The molecule has 0 aromatic heterocycles. The number of nitrogens with zero attached hydrogens (tertiary/aromatic N) is 2. The summed E-state index contributed by atoms with van der Waals surface area (Å²) in [6.45, 7) is 0.950. The lowest BCUT2D eigenvalue weighted by molar-refractivity contribution is -0.127. The van der Waals surface area contributed by atoms with Crippen LogP contribution in [0.25, 0.3) is 6.08 Å². The maximum Gasteiger partial charge on any atom is 0.246 e. The molecule has 1 heterocycles. The summed E-state index contributed by atoms with van der Waals surface area (Å²) in [6.07, 6.45) is 3.19. The van der Waals surface area contributed by atoms with E-state index in [1.807, 2.05) is 24.3 Å². The zero-order chi connectivity index (χ0) is 21.0. The summed E-state index contributed by atoms with van der Waals surface area (Å²) in [7, 11) is -2.20. The summed E-state index contributed by atoms with van der Waals surface area (Å²) >= 11 is 12.0. The highest BCUT2D eigenvalue weighted by Gasteiger charge is 2.31. The number of carbonyl (C=O) groups excluding carboxylic acids is 1. The van der Waals surface area contributed by atoms with Crippen LogP contribution in [0.2, 0.25) is 10.0 Å². The van der Waals surface area contributed by atoms with Gasteiger partial charge in [-0.1, -0.05) is 41.4 Å². The lowest BCUT2D eigenvalue weighted by Crippen LogP contribution is -2.50. The van der Waals surface area contributed by atoms with Gasteiger partial charge in [0.05, 0.1) is 17.2 Å². The van der Waals surface area contributed by atoms with Crippen molar-refractivity contribution >= 4 is 45.2 Å². The van der Waals surface area contributed by atoms with Gasteiger partial charge in [-0.15, -0.1) is 0 Å². The maximum atomic E-state index is 12.9. The molecule has 1 saturated heterocycles. The second-order valence-electron chi connectivity index (χ2n) is 6.39. The fourth-order valence-electron chi connectivity index (χ4n) is 2.99. The minimum atomic E-state index is -3.78. The summed E-state index contributed by atoms with van der Waals surface area (Å²) in [5, 5.41) is 0.193. The fraction of sp³-hybridized carbons (Fsp3) is 0.250. The van der Waals surface area contributed by atoms with Gasteiger partial charge in [0.15, 0.2) is 0 Å². The number of hydrogen-bond acceptors (Lipinski definition) is 4. The lowest BCUT2D eigenvalue weighted by atomic mass is 10.2. The molecule has 0 spiro atoms. The zero-order valence-electron chi connectivity index (χ0n) is 15.7. The first kappa shape index (κ1) is 21.6. The van der Waals surface area contributed by atoms with Crippen LogP contribution >= 0.6 is 23.2 Å². The Bertz CT molecular complexity index is 1030. The number of halogens is 2. The molecule has 0 radical (unpaired) electrons. The molecule has 1 aliphatic rings. The van der Waals surface area contributed by atoms with Crippen molar-refractivity contribution in [1.82, 2.24) is 9.21 Å². The van der Waals surface area contributed by atoms with Crippen LogP contribution in [0.15, 0.2) is 53.4 Å². The zero-order valence-corrected chi connectivity index (χ0v) is 18.0. The molecule has 29 heavy (non-hydrogen) atoms. The number of piperazine rings is 1. The van der Waals surface area contributed by atoms with Crippen LogP contribution in [0.1, 0.15) is 5.56 Å². The van der Waals surface area contributed by atoms with E-state index in [4.69, 9.17) is 27.9 Å². The molecule has 0 unspecified atom stereocenters. The standard InChI is InChI=1S/C20H20Cl2N2O4S/c1-28-16-5-2-4-15(14-16)8-9-19(25)23-10-12-24(13-11-23)29(26,27)18-7-3-6-17(21)20(18)22/h2-9,14H,10-13H2,1H3/b9-8+. The van der Waals surface area contributed by atoms with Crippen molar-refractivity contribution in [2.45, 2.75) is 4.90 Å². The molecule has 1 amide bonds. The van der Waals surface area contributed by atoms with Crippen molar-refractivity contribution in [3.05, 3.63) is 64.1 Å². The molecule has 9 heteroatoms. The minimum Gasteiger partial charge on any atom is -0.497 e. The minimum absolute atomic E-state index is 0.00824. The number of ether oxygens (including phenoxy) is 1. The Balaban J connectivity index is 1.64. The molecule has 3 rings (SSSR count). The number of benzene rings is 2. The second kappa shape index (κ2) is 9.17. The van der Waals surface area contributed by atoms with Crippen molar-refractivity contribution in [3.63, 3.8) is 0 Å². The van der Waals surface area contributed by atoms with E-state index >= 15 is 0 Å². The molecule has 0 atom stereocenters. The lowest BCUT2D eigenvalue weighted by Gasteiger charge is -2.33. The van der Waals surface area contributed by atoms with Crippen molar-refractivity contribution in [1.29, 1.82) is 0 Å². The van der Waals surface area contributed by atoms with Crippen LogP contribution in [0.4, 0.5) is 0 Å². The van der Waals surface area contributed by atoms with Gasteiger partial charge in [-0.25, -0.2) is 8.42 Å². The largest absolute Gasteiger partial charge is 0.497 e. The average Bonchev–Trinajstić information content (AvgIpc) is 2.74. The molecule has 0 bridgehead atoms. The van der Waals surface area contributed by atoms with Crippen LogP contribution in [-0.4, -0.2) is 56.8 Å². The highest BCUT2D eigenvalue weighted by atomic mass is 35.5. The van der Waals surface area contributed by atoms with Crippen LogP contribution in [0, 0.1) is 0 Å². The van der Waals surface area contributed by atoms with Gasteiger partial charge in [0, 0.05) is 32.3 Å². The van der Waals surface area contributed by atoms with E-state index in [1.165, 1.54) is 22.5 Å². The number of methoxy groups -OCH3 is 1. The number of amides is 1. The smallest absolute Gasteiger partial charge is 0.246 e. The van der Waals surface area contributed by atoms with E-state index in [9.17, 15) is 13.2 Å². The van der Waals surface area contributed by atoms with Gasteiger partial charge in [0.1, 0.15) is 10.6 Å². The van der Waals surface area contributed by atoms with E-state index in [1.54, 1.807) is 24.2 Å². The predicted molar refractivity (Wildman–Crippen MR) is 114 cm³/mol. The molecule has 2 aromatic rings. The van der Waals surface area contributed by atoms with E-state index in [0.29, 0.717) is 18.8 Å². The highest BCUT2D eigenvalue weighted by molar-refractivity contribution is 7.89. The molecule has 0 saturated carbocycles. The van der Waals surface area contributed by atoms with E-state index in [2.05, 4.69) is 0 Å². The fourth-order valence-corrected chi connectivity index (χ4v) is 5.15. The summed E-state index contributed by atoms with van der Waals surface area (Å²) < 4.78 is 32.2. The van der Waals surface area contributed by atoms with E-state index in [0.717, 1.165) is 5.56 Å². The number of sulfonamides is 1. The third-order valence-corrected chi connectivity index (χ3v) is 7.47. The third-order valence-electron chi connectivity index (χ3n) is 4.60. The predicted octanol–water partition coefficient (Wildman–Crippen LogP) is 3.55. The summed E-state index contributed by atoms with van der Waals surface area (Å²) in [4.78, 5) is 14.0. The van der Waals surface area contributed by atoms with Crippen molar-refractivity contribution < 1.29 is 17.9 Å². The summed E-state index contributed by atoms with van der Waals surface area (Å²) in [5.74, 6) is 0.531. The van der Waals surface area contributed by atoms with Gasteiger partial charge >= 0.3 is 0 Å². The van der Waals surface area contributed by atoms with E-state index < -0.39 is 10.0 Å². The topological polar surface area (TPSA) is 66.9 Å². The monoisotopic (exact) mass is 454 g/mol. The van der Waals surface area contributed by atoms with Crippen LogP contribution in [0.5, 0.6) is 5.75 Å². The van der Waals surface area contributed by atoms with Gasteiger partial charge in [-0.2, -0.15) is 4.31 Å². The molecular formula is C20H20Cl2N2O4S. The van der Waals surface area contributed by atoms with Crippen LogP contribution in [-0.2, 0) is 14.8 Å². The van der Waals surface area contributed by atoms with Gasteiger partial charge in [0.2, 0.25) is 15.9 Å². The van der Waals surface area contributed by atoms with Crippen LogP contribution in [0.3, 0.4) is 0 Å². The van der Waals surface area contributed by atoms with Gasteiger partial charge < -0.3 is 9.64 Å². The maximum absolute atomic E-state index is 12.9. The van der Waals surface area contributed by atoms with Gasteiger partial charge in [-0.3, -0.25) is 4.79 Å². The first-order valence-corrected chi connectivity index (χ1v) is 11.1. The van der Waals surface area contributed by atoms with E-state index in [-0.39, 0.29) is 33.9 Å². The highest BCUT2D eigenvalue weighted by Crippen LogP contribution is 2.31. The normalized spacial score (nSPS) is 15.6. The van der Waals surface area contributed by atoms with Crippen molar-refractivity contribution in [3.8, 4) is 5.75 Å². The molecule has 2 aromatic carbocycles. The quantitative estimate of drug-likeness (QED) is 0.647. The Labute approximate surface area is 180 Å². The van der Waals surface area contributed by atoms with Crippen molar-refractivity contribution in [2.24, 2.45) is 0 Å². The summed E-state index contributed by atoms with van der Waals surface area (Å²) in [5.41, 5.74) is 0.842. The molecule has 6 nitrogen and oxygen atoms in total. The number of rotatable bonds is 5. The second-order valence-corrected chi connectivity index (χ2v) is 9.08. The molecule has 0 N–H and O–H groups in total. The molecule has 154 valence electrons. The Kier molecular flexibility index (Phi) is 6.85. The first-order chi connectivity index (χ1) is 13.8. The Morgan fingerprint density at radius 1 is 1.07 bits per heavy atom. The average molecular weight is 455 g/mol. The molecular weight excluding hydrogens is 435 g/mol. The summed E-state index contributed by atoms with van der Waals surface area (Å²) in [6, 6.07) is 11.9. The Morgan fingerprint density at radius 3 is 2.45 bits per heavy atom. The Hall–Kier alpha value is -2.06. The number of carbonyl (C=O) groups is 1. The molecule has 1 fully saturated rings. The SMILES string of the molecule is COc1cccc(/C=C/C(=O)N2CCN(S(=O)(=O)c3cccc(Cl)c3Cl)CC2)c1. The van der Waals surface area contributed by atoms with Crippen LogP contribution < -0.4 is 4.74 Å². The van der Waals surface area contributed by atoms with Gasteiger partial charge in [0.25, 0.3) is 0 Å². The molecule has 0 aliphatic carbocycles. The third kappa shape index (κ3) is 4.93.